The van der Waals surface area contributed by atoms with Crippen LogP contribution in [0.4, 0.5) is 10.6 Å². The Balaban J connectivity index is 3.13. The summed E-state index contributed by atoms with van der Waals surface area (Å²) in [5, 5.41) is 2.66. The average molecular weight is 410 g/mol. The molecule has 0 unspecified atom stereocenters. The highest BCUT2D eigenvalue weighted by Crippen LogP contribution is 2.32. The molecule has 25 heavy (non-hydrogen) atoms. The lowest BCUT2D eigenvalue weighted by molar-refractivity contribution is 0.0635. The van der Waals surface area contributed by atoms with Gasteiger partial charge in [0.1, 0.15) is 17.7 Å². The molecule has 0 spiro atoms. The first kappa shape index (κ1) is 21.4. The summed E-state index contributed by atoms with van der Waals surface area (Å²) in [4.78, 5) is 20.5. The van der Waals surface area contributed by atoms with Gasteiger partial charge >= 0.3 is 6.09 Å². The van der Waals surface area contributed by atoms with E-state index in [2.05, 4.69) is 58.1 Å². The molecular weight excluding hydrogens is 382 g/mol. The van der Waals surface area contributed by atoms with E-state index < -0.39 is 11.7 Å². The van der Waals surface area contributed by atoms with Crippen molar-refractivity contribution in [1.29, 1.82) is 0 Å². The summed E-state index contributed by atoms with van der Waals surface area (Å²) in [5.74, 6) is 0.413. The monoisotopic (exact) mass is 409 g/mol. The third-order valence-corrected chi connectivity index (χ3v) is 4.08. The molecule has 0 aliphatic heterocycles. The zero-order valence-electron chi connectivity index (χ0n) is 15.9. The Morgan fingerprint density at radius 2 is 2.00 bits per heavy atom. The fourth-order valence-corrected chi connectivity index (χ4v) is 2.84. The molecule has 0 atom stereocenters. The predicted octanol–water partition coefficient (Wildman–Crippen LogP) is 6.09. The highest BCUT2D eigenvalue weighted by molar-refractivity contribution is 9.12. The molecule has 1 aromatic rings. The van der Waals surface area contributed by atoms with Gasteiger partial charge in [0.2, 0.25) is 0 Å². The van der Waals surface area contributed by atoms with E-state index in [0.29, 0.717) is 5.82 Å². The van der Waals surface area contributed by atoms with Gasteiger partial charge in [0, 0.05) is 16.1 Å². The van der Waals surface area contributed by atoms with E-state index in [1.165, 1.54) is 11.9 Å². The number of halogens is 1. The number of nitrogens with zero attached hydrogens (tertiary/aromatic N) is 2. The van der Waals surface area contributed by atoms with E-state index >= 15 is 0 Å². The van der Waals surface area contributed by atoms with Gasteiger partial charge in [0.25, 0.3) is 0 Å². The van der Waals surface area contributed by atoms with Crippen molar-refractivity contribution >= 4 is 33.4 Å². The number of nitrogens with one attached hydrogen (secondary N) is 1. The zero-order chi connectivity index (χ0) is 19.0. The summed E-state index contributed by atoms with van der Waals surface area (Å²) in [7, 11) is 0. The molecule has 6 heteroatoms. The molecule has 1 amide bonds. The van der Waals surface area contributed by atoms with Gasteiger partial charge in [-0.2, -0.15) is 0 Å². The Kier molecular flexibility index (Phi) is 8.29. The molecule has 0 saturated heterocycles. The van der Waals surface area contributed by atoms with Crippen LogP contribution in [0.1, 0.15) is 66.5 Å². The quantitative estimate of drug-likeness (QED) is 0.577. The van der Waals surface area contributed by atoms with Gasteiger partial charge in [-0.05, 0) is 40.5 Å². The van der Waals surface area contributed by atoms with Crippen LogP contribution in [0.5, 0.6) is 0 Å². The smallest absolute Gasteiger partial charge is 0.413 e. The van der Waals surface area contributed by atoms with Crippen molar-refractivity contribution in [2.45, 2.75) is 66.4 Å². The van der Waals surface area contributed by atoms with E-state index in [-0.39, 0.29) is 0 Å². The molecule has 5 nitrogen and oxygen atoms in total. The first-order chi connectivity index (χ1) is 11.7. The van der Waals surface area contributed by atoms with Crippen molar-refractivity contribution < 1.29 is 9.53 Å². The molecule has 138 valence electrons. The third kappa shape index (κ3) is 7.38. The Bertz CT molecular complexity index is 661. The lowest BCUT2D eigenvalue weighted by atomic mass is 10.0. The van der Waals surface area contributed by atoms with E-state index in [1.54, 1.807) is 6.07 Å². The number of carbonyl (C=O) groups excluding carboxylic acids is 1. The van der Waals surface area contributed by atoms with Crippen LogP contribution in [0, 0.1) is 0 Å². The molecule has 0 saturated carbocycles. The van der Waals surface area contributed by atoms with Gasteiger partial charge in [-0.3, -0.25) is 5.32 Å². The number of amides is 1. The lowest BCUT2D eigenvalue weighted by Gasteiger charge is -2.19. The van der Waals surface area contributed by atoms with E-state index in [9.17, 15) is 4.79 Å². The van der Waals surface area contributed by atoms with Gasteiger partial charge in [-0.15, -0.1) is 0 Å². The summed E-state index contributed by atoms with van der Waals surface area (Å²) < 4.78 is 6.28. The van der Waals surface area contributed by atoms with Gasteiger partial charge in [-0.25, -0.2) is 14.8 Å². The average Bonchev–Trinajstić information content (AvgIpc) is 2.51. The van der Waals surface area contributed by atoms with Crippen LogP contribution in [0.25, 0.3) is 5.57 Å². The molecule has 0 fully saturated rings. The summed E-state index contributed by atoms with van der Waals surface area (Å²) in [5.41, 5.74) is 2.45. The van der Waals surface area contributed by atoms with Crippen LogP contribution in [0.15, 0.2) is 28.5 Å². The van der Waals surface area contributed by atoms with Crippen molar-refractivity contribution in [2.75, 3.05) is 5.32 Å². The predicted molar refractivity (Wildman–Crippen MR) is 107 cm³/mol. The summed E-state index contributed by atoms with van der Waals surface area (Å²) in [6.07, 6.45) is 6.03. The molecule has 1 aromatic heterocycles. The Hall–Kier alpha value is -1.69. The van der Waals surface area contributed by atoms with Crippen molar-refractivity contribution in [3.05, 3.63) is 34.2 Å². The van der Waals surface area contributed by atoms with E-state index in [0.717, 1.165) is 35.0 Å². The van der Waals surface area contributed by atoms with Crippen molar-refractivity contribution in [1.82, 2.24) is 9.97 Å². The molecule has 0 radical (unpaired) electrons. The first-order valence-corrected chi connectivity index (χ1v) is 9.35. The van der Waals surface area contributed by atoms with Gasteiger partial charge in [0.05, 0.1) is 5.69 Å². The second-order valence-corrected chi connectivity index (χ2v) is 7.62. The number of rotatable bonds is 6. The summed E-state index contributed by atoms with van der Waals surface area (Å²) in [6, 6.07) is 1.76. The first-order valence-electron chi connectivity index (χ1n) is 8.56. The minimum absolute atomic E-state index is 0.413. The molecule has 0 aliphatic rings. The molecule has 0 aromatic carbocycles. The molecule has 1 heterocycles. The standard InChI is InChI=1S/C19H28BrN3O2/c1-7-9-10-14(20)17(13(3)8-2)15-11-16(22-12-21-15)23-18(24)25-19(4,5)6/h10-12H,7-9H2,1-6H3,(H,21,22,23,24)/b14-10+,17-13+. The lowest BCUT2D eigenvalue weighted by Crippen LogP contribution is -2.27. The van der Waals surface area contributed by atoms with E-state index in [1.807, 2.05) is 20.8 Å². The van der Waals surface area contributed by atoms with Gasteiger partial charge in [0.15, 0.2) is 0 Å². The minimum atomic E-state index is -0.560. The Morgan fingerprint density at radius 3 is 2.56 bits per heavy atom. The highest BCUT2D eigenvalue weighted by atomic mass is 79.9. The number of carbonyl (C=O) groups is 1. The topological polar surface area (TPSA) is 64.1 Å². The number of aromatic nitrogens is 2. The van der Waals surface area contributed by atoms with Crippen molar-refractivity contribution in [3.63, 3.8) is 0 Å². The third-order valence-electron chi connectivity index (χ3n) is 3.36. The van der Waals surface area contributed by atoms with Crippen molar-refractivity contribution in [2.24, 2.45) is 0 Å². The van der Waals surface area contributed by atoms with E-state index in [4.69, 9.17) is 4.74 Å². The maximum atomic E-state index is 11.9. The van der Waals surface area contributed by atoms with Crippen LogP contribution in [-0.2, 0) is 4.74 Å². The summed E-state index contributed by atoms with van der Waals surface area (Å²) in [6.45, 7) is 11.8. The maximum absolute atomic E-state index is 11.9. The number of anilines is 1. The van der Waals surface area contributed by atoms with Crippen LogP contribution in [-0.4, -0.2) is 21.7 Å². The van der Waals surface area contributed by atoms with Crippen LogP contribution in [0.3, 0.4) is 0 Å². The summed E-state index contributed by atoms with van der Waals surface area (Å²) >= 11 is 3.67. The normalized spacial score (nSPS) is 13.3. The number of hydrogen-bond acceptors (Lipinski definition) is 4. The number of ether oxygens (including phenoxy) is 1. The van der Waals surface area contributed by atoms with Crippen LogP contribution >= 0.6 is 15.9 Å². The van der Waals surface area contributed by atoms with Crippen LogP contribution < -0.4 is 5.32 Å². The van der Waals surface area contributed by atoms with Crippen molar-refractivity contribution in [3.8, 4) is 0 Å². The molecule has 1 rings (SSSR count). The Morgan fingerprint density at radius 1 is 1.32 bits per heavy atom. The number of allylic oxidation sites excluding steroid dienone is 4. The zero-order valence-corrected chi connectivity index (χ0v) is 17.5. The molecule has 1 N–H and O–H groups in total. The molecule has 0 aliphatic carbocycles. The maximum Gasteiger partial charge on any atom is 0.413 e. The second kappa shape index (κ2) is 9.70. The largest absolute Gasteiger partial charge is 0.444 e. The fraction of sp³-hybridized carbons (Fsp3) is 0.526. The number of hydrogen-bond donors (Lipinski definition) is 1. The molecule has 0 bridgehead atoms. The highest BCUT2D eigenvalue weighted by Gasteiger charge is 2.17. The minimum Gasteiger partial charge on any atom is -0.444 e. The Labute approximate surface area is 159 Å². The van der Waals surface area contributed by atoms with Crippen LogP contribution in [0.2, 0.25) is 0 Å². The fourth-order valence-electron chi connectivity index (χ4n) is 2.07. The SMILES string of the molecule is CCC/C=C(Br)\C(=C(\C)CC)c1cc(NC(=O)OC(C)(C)C)ncn1. The number of unbranched alkanes of at least 4 members (excludes halogenated alkanes) is 1. The molecular formula is C19H28BrN3O2. The van der Waals surface area contributed by atoms with Gasteiger partial charge < -0.3 is 4.74 Å². The second-order valence-electron chi connectivity index (χ2n) is 6.76. The van der Waals surface area contributed by atoms with Gasteiger partial charge in [-0.1, -0.05) is 47.8 Å².